The fourth-order valence-electron chi connectivity index (χ4n) is 2.94. The lowest BCUT2D eigenvalue weighted by Crippen LogP contribution is -2.44. The summed E-state index contributed by atoms with van der Waals surface area (Å²) in [4.78, 5) is 11.7. The minimum atomic E-state index is -0.313. The summed E-state index contributed by atoms with van der Waals surface area (Å²) in [6.07, 6.45) is 3.38. The highest BCUT2D eigenvalue weighted by molar-refractivity contribution is 5.71. The van der Waals surface area contributed by atoms with Crippen molar-refractivity contribution in [2.75, 3.05) is 21.3 Å². The standard InChI is InChI=1S/C15H21NO3/c1-16-15(10-14(17)19-3)8-4-5-11-9-12(18-2)6-7-13(11)15/h6-7,9,16H,4-5,8,10H2,1-3H3. The Hall–Kier alpha value is -1.55. The van der Waals surface area contributed by atoms with Crippen LogP contribution >= 0.6 is 0 Å². The fraction of sp³-hybridized carbons (Fsp3) is 0.533. The quantitative estimate of drug-likeness (QED) is 0.844. The van der Waals surface area contributed by atoms with Crippen molar-refractivity contribution in [3.05, 3.63) is 29.3 Å². The summed E-state index contributed by atoms with van der Waals surface area (Å²) in [5.74, 6) is 0.682. The van der Waals surface area contributed by atoms with E-state index in [1.807, 2.05) is 13.1 Å². The summed E-state index contributed by atoms with van der Waals surface area (Å²) in [7, 11) is 5.01. The zero-order valence-corrected chi connectivity index (χ0v) is 11.8. The second-order valence-corrected chi connectivity index (χ2v) is 4.96. The van der Waals surface area contributed by atoms with Crippen LogP contribution in [0.2, 0.25) is 0 Å². The minimum absolute atomic E-state index is 0.182. The van der Waals surface area contributed by atoms with Crippen LogP contribution in [0.25, 0.3) is 0 Å². The van der Waals surface area contributed by atoms with Gasteiger partial charge in [0.25, 0.3) is 0 Å². The van der Waals surface area contributed by atoms with Gasteiger partial charge in [0, 0.05) is 0 Å². The molecule has 1 N–H and O–H groups in total. The van der Waals surface area contributed by atoms with E-state index in [1.165, 1.54) is 18.2 Å². The molecule has 0 spiro atoms. The molecule has 1 aromatic carbocycles. The van der Waals surface area contributed by atoms with Crippen molar-refractivity contribution in [1.29, 1.82) is 0 Å². The maximum absolute atomic E-state index is 11.7. The van der Waals surface area contributed by atoms with Gasteiger partial charge in [-0.15, -0.1) is 0 Å². The summed E-state index contributed by atoms with van der Waals surface area (Å²) >= 11 is 0. The lowest BCUT2D eigenvalue weighted by atomic mass is 9.74. The van der Waals surface area contributed by atoms with Crippen LogP contribution < -0.4 is 10.1 Å². The predicted octanol–water partition coefficient (Wildman–Crippen LogP) is 2.01. The molecule has 1 atom stereocenters. The van der Waals surface area contributed by atoms with Gasteiger partial charge in [0.2, 0.25) is 0 Å². The number of esters is 1. The number of rotatable bonds is 4. The molecule has 1 aliphatic carbocycles. The first-order valence-corrected chi connectivity index (χ1v) is 6.58. The van der Waals surface area contributed by atoms with Gasteiger partial charge in [0.15, 0.2) is 0 Å². The Morgan fingerprint density at radius 2 is 2.21 bits per heavy atom. The third-order valence-corrected chi connectivity index (χ3v) is 4.03. The Morgan fingerprint density at radius 3 is 2.84 bits per heavy atom. The van der Waals surface area contributed by atoms with Gasteiger partial charge in [0.05, 0.1) is 26.2 Å². The van der Waals surface area contributed by atoms with Crippen LogP contribution in [0.15, 0.2) is 18.2 Å². The molecule has 19 heavy (non-hydrogen) atoms. The Balaban J connectivity index is 2.41. The molecule has 0 aromatic heterocycles. The Bertz CT molecular complexity index is 472. The first-order valence-electron chi connectivity index (χ1n) is 6.58. The second-order valence-electron chi connectivity index (χ2n) is 4.96. The predicted molar refractivity (Wildman–Crippen MR) is 73.3 cm³/mol. The van der Waals surface area contributed by atoms with E-state index in [2.05, 4.69) is 17.4 Å². The lowest BCUT2D eigenvalue weighted by molar-refractivity contribution is -0.142. The molecule has 0 fully saturated rings. The zero-order chi connectivity index (χ0) is 13.9. The molecule has 0 saturated carbocycles. The van der Waals surface area contributed by atoms with Gasteiger partial charge in [-0.05, 0) is 49.6 Å². The number of ether oxygens (including phenoxy) is 2. The van der Waals surface area contributed by atoms with Crippen LogP contribution in [0.5, 0.6) is 5.75 Å². The van der Waals surface area contributed by atoms with Gasteiger partial charge in [-0.25, -0.2) is 0 Å². The number of methoxy groups -OCH3 is 2. The van der Waals surface area contributed by atoms with E-state index in [1.54, 1.807) is 7.11 Å². The van der Waals surface area contributed by atoms with E-state index in [0.717, 1.165) is 25.0 Å². The molecule has 2 rings (SSSR count). The van der Waals surface area contributed by atoms with Crippen LogP contribution in [-0.4, -0.2) is 27.2 Å². The zero-order valence-electron chi connectivity index (χ0n) is 11.8. The third kappa shape index (κ3) is 2.59. The number of carbonyl (C=O) groups is 1. The molecule has 4 heteroatoms. The van der Waals surface area contributed by atoms with Crippen molar-refractivity contribution >= 4 is 5.97 Å². The molecule has 4 nitrogen and oxygen atoms in total. The molecule has 0 heterocycles. The number of fused-ring (bicyclic) bond motifs is 1. The highest BCUT2D eigenvalue weighted by atomic mass is 16.5. The largest absolute Gasteiger partial charge is 0.497 e. The summed E-state index contributed by atoms with van der Waals surface area (Å²) in [6, 6.07) is 6.08. The number of carbonyl (C=O) groups excluding carboxylic acids is 1. The molecule has 0 radical (unpaired) electrons. The van der Waals surface area contributed by atoms with Crippen LogP contribution in [0, 0.1) is 0 Å². The van der Waals surface area contributed by atoms with Crippen molar-refractivity contribution in [3.63, 3.8) is 0 Å². The Morgan fingerprint density at radius 1 is 1.42 bits per heavy atom. The maximum atomic E-state index is 11.7. The first kappa shape index (κ1) is 13.9. The van der Waals surface area contributed by atoms with Crippen LogP contribution in [-0.2, 0) is 21.5 Å². The van der Waals surface area contributed by atoms with Gasteiger partial charge in [-0.2, -0.15) is 0 Å². The molecule has 0 aliphatic heterocycles. The van der Waals surface area contributed by atoms with E-state index >= 15 is 0 Å². The molecule has 1 aromatic rings. The Labute approximate surface area is 114 Å². The van der Waals surface area contributed by atoms with Crippen molar-refractivity contribution in [2.45, 2.75) is 31.2 Å². The van der Waals surface area contributed by atoms with Crippen LogP contribution in [0.3, 0.4) is 0 Å². The summed E-state index contributed by atoms with van der Waals surface area (Å²) < 4.78 is 10.1. The highest BCUT2D eigenvalue weighted by Crippen LogP contribution is 2.39. The third-order valence-electron chi connectivity index (χ3n) is 4.03. The van der Waals surface area contributed by atoms with Gasteiger partial charge in [-0.3, -0.25) is 4.79 Å². The molecule has 104 valence electrons. The van der Waals surface area contributed by atoms with Crippen LogP contribution in [0.4, 0.5) is 0 Å². The van der Waals surface area contributed by atoms with E-state index < -0.39 is 0 Å². The first-order chi connectivity index (χ1) is 9.15. The normalized spacial score (nSPS) is 21.6. The highest BCUT2D eigenvalue weighted by Gasteiger charge is 2.37. The lowest BCUT2D eigenvalue weighted by Gasteiger charge is -2.38. The van der Waals surface area contributed by atoms with E-state index in [0.29, 0.717) is 6.42 Å². The number of benzene rings is 1. The molecular formula is C15H21NO3. The van der Waals surface area contributed by atoms with Gasteiger partial charge >= 0.3 is 5.97 Å². The maximum Gasteiger partial charge on any atom is 0.307 e. The summed E-state index contributed by atoms with van der Waals surface area (Å²) in [5, 5.41) is 3.33. The van der Waals surface area contributed by atoms with E-state index in [-0.39, 0.29) is 11.5 Å². The smallest absolute Gasteiger partial charge is 0.307 e. The molecular weight excluding hydrogens is 242 g/mol. The second kappa shape index (κ2) is 5.61. The number of aryl methyl sites for hydroxylation is 1. The van der Waals surface area contributed by atoms with Gasteiger partial charge < -0.3 is 14.8 Å². The Kier molecular flexibility index (Phi) is 4.10. The number of hydrogen-bond acceptors (Lipinski definition) is 4. The topological polar surface area (TPSA) is 47.6 Å². The number of nitrogens with one attached hydrogen (secondary N) is 1. The molecule has 0 saturated heterocycles. The van der Waals surface area contributed by atoms with Gasteiger partial charge in [0.1, 0.15) is 5.75 Å². The average molecular weight is 263 g/mol. The van der Waals surface area contributed by atoms with Crippen molar-refractivity contribution < 1.29 is 14.3 Å². The molecule has 0 bridgehead atoms. The SMILES string of the molecule is CNC1(CC(=O)OC)CCCc2cc(OC)ccc21. The summed E-state index contributed by atoms with van der Waals surface area (Å²) in [5.41, 5.74) is 2.13. The molecule has 0 amide bonds. The fourth-order valence-corrected chi connectivity index (χ4v) is 2.94. The number of hydrogen-bond donors (Lipinski definition) is 1. The van der Waals surface area contributed by atoms with Gasteiger partial charge in [-0.1, -0.05) is 6.07 Å². The van der Waals surface area contributed by atoms with E-state index in [4.69, 9.17) is 9.47 Å². The van der Waals surface area contributed by atoms with E-state index in [9.17, 15) is 4.79 Å². The van der Waals surface area contributed by atoms with Crippen molar-refractivity contribution in [2.24, 2.45) is 0 Å². The monoisotopic (exact) mass is 263 g/mol. The van der Waals surface area contributed by atoms with Crippen molar-refractivity contribution in [3.8, 4) is 5.75 Å². The molecule has 1 aliphatic rings. The van der Waals surface area contributed by atoms with Crippen molar-refractivity contribution in [1.82, 2.24) is 5.32 Å². The van der Waals surface area contributed by atoms with Crippen LogP contribution in [0.1, 0.15) is 30.4 Å². The minimum Gasteiger partial charge on any atom is -0.497 e. The molecule has 1 unspecified atom stereocenters. The summed E-state index contributed by atoms with van der Waals surface area (Å²) in [6.45, 7) is 0. The average Bonchev–Trinajstić information content (AvgIpc) is 2.46.